The third-order valence-electron chi connectivity index (χ3n) is 2.45. The lowest BCUT2D eigenvalue weighted by atomic mass is 10.2. The summed E-state index contributed by atoms with van der Waals surface area (Å²) in [4.78, 5) is 0. The molecule has 1 aliphatic heterocycles. The standard InChI is InChI=1S/C8H14O5S2/c1-3-13-6-8(2)7-14(9,10)4-5-15(8,11)12/h3H,1,4-7H2,2H3. The maximum absolute atomic E-state index is 11.7. The fraction of sp³-hybridized carbons (Fsp3) is 0.750. The Labute approximate surface area is 90.0 Å². The lowest BCUT2D eigenvalue weighted by Gasteiger charge is -2.31. The normalized spacial score (nSPS) is 33.1. The molecule has 0 radical (unpaired) electrons. The second-order valence-electron chi connectivity index (χ2n) is 3.84. The van der Waals surface area contributed by atoms with Crippen molar-refractivity contribution in [2.24, 2.45) is 0 Å². The van der Waals surface area contributed by atoms with Crippen molar-refractivity contribution in [1.82, 2.24) is 0 Å². The Hall–Kier alpha value is -0.560. The molecule has 1 unspecified atom stereocenters. The second-order valence-corrected chi connectivity index (χ2v) is 8.65. The molecule has 0 aromatic heterocycles. The van der Waals surface area contributed by atoms with Gasteiger partial charge in [0.25, 0.3) is 0 Å². The van der Waals surface area contributed by atoms with Crippen LogP contribution < -0.4 is 0 Å². The van der Waals surface area contributed by atoms with E-state index in [4.69, 9.17) is 4.74 Å². The van der Waals surface area contributed by atoms with Crippen LogP contribution in [-0.2, 0) is 24.4 Å². The van der Waals surface area contributed by atoms with Crippen LogP contribution in [0.2, 0.25) is 0 Å². The topological polar surface area (TPSA) is 77.5 Å². The average Bonchev–Trinajstić information content (AvgIpc) is 2.09. The number of hydrogen-bond donors (Lipinski definition) is 0. The van der Waals surface area contributed by atoms with Crippen molar-refractivity contribution in [3.8, 4) is 0 Å². The first-order valence-corrected chi connectivity index (χ1v) is 7.85. The van der Waals surface area contributed by atoms with E-state index in [9.17, 15) is 16.8 Å². The molecule has 1 saturated heterocycles. The Bertz CT molecular complexity index is 447. The fourth-order valence-corrected chi connectivity index (χ4v) is 6.53. The van der Waals surface area contributed by atoms with Crippen LogP contribution in [0.5, 0.6) is 0 Å². The third-order valence-corrected chi connectivity index (χ3v) is 7.30. The molecule has 1 rings (SSSR count). The molecule has 0 saturated carbocycles. The SMILES string of the molecule is C=COCC1(C)CS(=O)(=O)CCS1(=O)=O. The summed E-state index contributed by atoms with van der Waals surface area (Å²) in [6, 6.07) is 0. The Kier molecular flexibility index (Phi) is 3.16. The summed E-state index contributed by atoms with van der Waals surface area (Å²) in [5, 5.41) is 0. The summed E-state index contributed by atoms with van der Waals surface area (Å²) in [5.41, 5.74) is 0. The number of sulfone groups is 2. The summed E-state index contributed by atoms with van der Waals surface area (Å²) < 4.78 is 49.7. The second kappa shape index (κ2) is 3.79. The van der Waals surface area contributed by atoms with E-state index in [1.54, 1.807) is 0 Å². The summed E-state index contributed by atoms with van der Waals surface area (Å²) >= 11 is 0. The molecule has 0 N–H and O–H groups in total. The molecule has 1 heterocycles. The monoisotopic (exact) mass is 254 g/mol. The van der Waals surface area contributed by atoms with Gasteiger partial charge in [-0.15, -0.1) is 0 Å². The maximum atomic E-state index is 11.7. The number of rotatable bonds is 3. The van der Waals surface area contributed by atoms with Gasteiger partial charge in [-0.05, 0) is 6.92 Å². The predicted molar refractivity (Wildman–Crippen MR) is 57.0 cm³/mol. The Morgan fingerprint density at radius 2 is 1.93 bits per heavy atom. The quantitative estimate of drug-likeness (QED) is 0.649. The van der Waals surface area contributed by atoms with Crippen LogP contribution in [0.3, 0.4) is 0 Å². The molecule has 1 atom stereocenters. The summed E-state index contributed by atoms with van der Waals surface area (Å²) in [6.07, 6.45) is 1.11. The van der Waals surface area contributed by atoms with Crippen LogP contribution in [-0.4, -0.2) is 45.4 Å². The van der Waals surface area contributed by atoms with Gasteiger partial charge in [-0.1, -0.05) is 6.58 Å². The molecule has 88 valence electrons. The van der Waals surface area contributed by atoms with Gasteiger partial charge in [0.1, 0.15) is 11.4 Å². The van der Waals surface area contributed by atoms with Crippen LogP contribution in [0.15, 0.2) is 12.8 Å². The first-order valence-electron chi connectivity index (χ1n) is 4.38. The highest BCUT2D eigenvalue weighted by atomic mass is 32.2. The van der Waals surface area contributed by atoms with Gasteiger partial charge in [-0.2, -0.15) is 0 Å². The molecule has 0 spiro atoms. The smallest absolute Gasteiger partial charge is 0.161 e. The number of ether oxygens (including phenoxy) is 1. The lowest BCUT2D eigenvalue weighted by Crippen LogP contribution is -2.52. The van der Waals surface area contributed by atoms with E-state index in [0.717, 1.165) is 6.26 Å². The summed E-state index contributed by atoms with van der Waals surface area (Å²) in [5.74, 6) is -0.998. The third kappa shape index (κ3) is 2.52. The molecule has 0 aromatic rings. The summed E-state index contributed by atoms with van der Waals surface area (Å²) in [6.45, 7) is 4.52. The van der Waals surface area contributed by atoms with Gasteiger partial charge < -0.3 is 4.74 Å². The van der Waals surface area contributed by atoms with Gasteiger partial charge in [0.15, 0.2) is 19.7 Å². The Balaban J connectivity index is 3.04. The van der Waals surface area contributed by atoms with E-state index >= 15 is 0 Å². The van der Waals surface area contributed by atoms with Crippen molar-refractivity contribution >= 4 is 19.7 Å². The lowest BCUT2D eigenvalue weighted by molar-refractivity contribution is 0.222. The molecule has 7 heteroatoms. The van der Waals surface area contributed by atoms with Crippen molar-refractivity contribution in [2.45, 2.75) is 11.7 Å². The summed E-state index contributed by atoms with van der Waals surface area (Å²) in [7, 11) is -6.70. The van der Waals surface area contributed by atoms with Crippen molar-refractivity contribution in [3.05, 3.63) is 12.8 Å². The minimum atomic E-state index is -3.42. The van der Waals surface area contributed by atoms with Gasteiger partial charge in [0, 0.05) is 0 Å². The highest BCUT2D eigenvalue weighted by molar-refractivity contribution is 7.99. The van der Waals surface area contributed by atoms with E-state index in [0.29, 0.717) is 0 Å². The molecule has 0 amide bonds. The zero-order valence-corrected chi connectivity index (χ0v) is 10.1. The molecular weight excluding hydrogens is 240 g/mol. The molecule has 0 bridgehead atoms. The van der Waals surface area contributed by atoms with Crippen LogP contribution in [0.25, 0.3) is 0 Å². The molecule has 0 aromatic carbocycles. The molecule has 15 heavy (non-hydrogen) atoms. The predicted octanol–water partition coefficient (Wildman–Crippen LogP) is -0.252. The van der Waals surface area contributed by atoms with Gasteiger partial charge in [-0.3, -0.25) is 0 Å². The van der Waals surface area contributed by atoms with Crippen molar-refractivity contribution in [2.75, 3.05) is 23.9 Å². The van der Waals surface area contributed by atoms with E-state index in [-0.39, 0.29) is 23.9 Å². The van der Waals surface area contributed by atoms with E-state index in [2.05, 4.69) is 6.58 Å². The highest BCUT2D eigenvalue weighted by Gasteiger charge is 2.47. The minimum Gasteiger partial charge on any atom is -0.500 e. The molecule has 0 aliphatic carbocycles. The van der Waals surface area contributed by atoms with Gasteiger partial charge in [0.05, 0.1) is 23.5 Å². The van der Waals surface area contributed by atoms with Crippen LogP contribution in [0.4, 0.5) is 0 Å². The van der Waals surface area contributed by atoms with Gasteiger partial charge in [0.2, 0.25) is 0 Å². The van der Waals surface area contributed by atoms with Gasteiger partial charge in [-0.25, -0.2) is 16.8 Å². The van der Waals surface area contributed by atoms with Gasteiger partial charge >= 0.3 is 0 Å². The Morgan fingerprint density at radius 1 is 1.33 bits per heavy atom. The number of hydrogen-bond acceptors (Lipinski definition) is 5. The highest BCUT2D eigenvalue weighted by Crippen LogP contribution is 2.26. The first-order chi connectivity index (χ1) is 6.72. The molecule has 1 fully saturated rings. The van der Waals surface area contributed by atoms with Crippen LogP contribution in [0, 0.1) is 0 Å². The van der Waals surface area contributed by atoms with E-state index in [1.165, 1.54) is 6.92 Å². The molecular formula is C8H14O5S2. The zero-order valence-electron chi connectivity index (χ0n) is 8.47. The largest absolute Gasteiger partial charge is 0.500 e. The Morgan fingerprint density at radius 3 is 2.47 bits per heavy atom. The van der Waals surface area contributed by atoms with Crippen molar-refractivity contribution in [3.63, 3.8) is 0 Å². The first kappa shape index (κ1) is 12.5. The van der Waals surface area contributed by atoms with Crippen molar-refractivity contribution in [1.29, 1.82) is 0 Å². The fourth-order valence-electron chi connectivity index (χ4n) is 1.48. The zero-order chi connectivity index (χ0) is 11.7. The minimum absolute atomic E-state index is 0.169. The van der Waals surface area contributed by atoms with Crippen molar-refractivity contribution < 1.29 is 21.6 Å². The van der Waals surface area contributed by atoms with Crippen LogP contribution in [0.1, 0.15) is 6.92 Å². The average molecular weight is 254 g/mol. The molecule has 1 aliphatic rings. The van der Waals surface area contributed by atoms with Crippen LogP contribution >= 0.6 is 0 Å². The van der Waals surface area contributed by atoms with E-state index < -0.39 is 24.4 Å². The van der Waals surface area contributed by atoms with E-state index in [1.807, 2.05) is 0 Å². The maximum Gasteiger partial charge on any atom is 0.161 e. The molecule has 5 nitrogen and oxygen atoms in total.